The molecule has 1 aliphatic heterocycles. The van der Waals surface area contributed by atoms with Crippen LogP contribution in [0.4, 0.5) is 5.69 Å². The summed E-state index contributed by atoms with van der Waals surface area (Å²) in [5.74, 6) is -0.961. The summed E-state index contributed by atoms with van der Waals surface area (Å²) in [7, 11) is -2.60. The monoisotopic (exact) mass is 581 g/mol. The number of aromatic carboxylic acids is 1. The number of carboxylic acid groups (broad SMARTS) is 1. The van der Waals surface area contributed by atoms with Gasteiger partial charge in [0, 0.05) is 0 Å². The third-order valence-corrected chi connectivity index (χ3v) is 10.1. The van der Waals surface area contributed by atoms with Crippen LogP contribution in [0.1, 0.15) is 26.3 Å². The number of carbonyl (C=O) groups is 2. The van der Waals surface area contributed by atoms with Gasteiger partial charge in [-0.1, -0.05) is 0 Å². The molecule has 0 saturated heterocycles. The predicted octanol–water partition coefficient (Wildman–Crippen LogP) is 3.35. The van der Waals surface area contributed by atoms with Crippen LogP contribution in [-0.2, 0) is 16.4 Å². The van der Waals surface area contributed by atoms with Gasteiger partial charge in [0.15, 0.2) is 0 Å². The first-order valence-electron chi connectivity index (χ1n) is 9.95. The molecule has 0 spiro atoms. The fourth-order valence-electron chi connectivity index (χ4n) is 3.68. The third-order valence-electron chi connectivity index (χ3n) is 5.35. The Morgan fingerprint density at radius 1 is 1.06 bits per heavy atom. The molecule has 1 heterocycles. The summed E-state index contributed by atoms with van der Waals surface area (Å²) in [5.41, 5.74) is 1.62. The number of rotatable bonds is 7. The minimum absolute atomic E-state index is 0.0284. The van der Waals surface area contributed by atoms with Crippen molar-refractivity contribution in [2.45, 2.75) is 11.3 Å². The Morgan fingerprint density at radius 2 is 1.82 bits per heavy atom. The van der Waals surface area contributed by atoms with Crippen LogP contribution in [0.25, 0.3) is 0 Å². The van der Waals surface area contributed by atoms with Gasteiger partial charge in [-0.3, -0.25) is 0 Å². The number of hydrogen-bond acceptors (Lipinski definition) is 5. The molecular formula is C23H18AsCl2NO6S. The van der Waals surface area contributed by atoms with Crippen molar-refractivity contribution in [2.24, 2.45) is 0 Å². The van der Waals surface area contributed by atoms with E-state index >= 15 is 0 Å². The van der Waals surface area contributed by atoms with Crippen LogP contribution in [-0.4, -0.2) is 53.5 Å². The number of ether oxygens (including phenoxy) is 1. The van der Waals surface area contributed by atoms with Gasteiger partial charge < -0.3 is 0 Å². The van der Waals surface area contributed by atoms with E-state index in [9.17, 15) is 18.0 Å². The zero-order valence-electron chi connectivity index (χ0n) is 17.7. The summed E-state index contributed by atoms with van der Waals surface area (Å²) in [4.78, 5) is 24.1. The van der Waals surface area contributed by atoms with Gasteiger partial charge in [0.1, 0.15) is 0 Å². The van der Waals surface area contributed by atoms with Crippen LogP contribution < -0.4 is 13.4 Å². The number of nitrogens with zero attached hydrogens (tertiary/aromatic N) is 1. The number of hydrogen-bond donors (Lipinski definition) is 1. The summed E-state index contributed by atoms with van der Waals surface area (Å²) in [6.45, 7) is 0.230. The van der Waals surface area contributed by atoms with E-state index in [1.165, 1.54) is 35.7 Å². The maximum absolute atomic E-state index is 13.5. The first-order valence-corrected chi connectivity index (χ1v) is 14.2. The molecule has 0 radical (unpaired) electrons. The van der Waals surface area contributed by atoms with E-state index in [2.05, 4.69) is 0 Å². The second-order valence-corrected chi connectivity index (χ2v) is 12.8. The van der Waals surface area contributed by atoms with Crippen molar-refractivity contribution in [1.29, 1.82) is 0 Å². The molecule has 1 atom stereocenters. The van der Waals surface area contributed by atoms with Crippen molar-refractivity contribution in [3.63, 3.8) is 0 Å². The van der Waals surface area contributed by atoms with Gasteiger partial charge in [0.25, 0.3) is 0 Å². The van der Waals surface area contributed by atoms with E-state index < -0.39 is 31.7 Å². The predicted molar refractivity (Wildman–Crippen MR) is 132 cm³/mol. The summed E-state index contributed by atoms with van der Waals surface area (Å²) < 4.78 is 34.0. The van der Waals surface area contributed by atoms with Crippen molar-refractivity contribution in [3.8, 4) is 5.75 Å². The SMILES string of the molecule is COc1ccc(Cl)cc1S(=O)(=O)N1CCc2ccc(C(=O)[AsH]c3ccc(C(=O)O)c(Cl)c3)cc21. The average molecular weight is 582 g/mol. The molecule has 0 saturated carbocycles. The van der Waals surface area contributed by atoms with Crippen LogP contribution in [0.5, 0.6) is 5.75 Å². The van der Waals surface area contributed by atoms with Gasteiger partial charge in [-0.15, -0.1) is 0 Å². The van der Waals surface area contributed by atoms with E-state index in [0.717, 1.165) is 5.56 Å². The molecular weight excluding hydrogens is 564 g/mol. The molecule has 0 bridgehead atoms. The summed E-state index contributed by atoms with van der Waals surface area (Å²) >= 11 is 10.7. The average Bonchev–Trinajstić information content (AvgIpc) is 3.23. The Balaban J connectivity index is 1.65. The normalized spacial score (nSPS) is 13.3. The molecule has 0 aliphatic carbocycles. The Labute approximate surface area is 213 Å². The molecule has 1 N–H and O–H groups in total. The number of halogens is 2. The van der Waals surface area contributed by atoms with Crippen LogP contribution in [0.2, 0.25) is 10.0 Å². The Hall–Kier alpha value is -2.51. The molecule has 0 aromatic heterocycles. The van der Waals surface area contributed by atoms with E-state index in [4.69, 9.17) is 33.0 Å². The second-order valence-electron chi connectivity index (χ2n) is 7.42. The Kier molecular flexibility index (Phi) is 6.96. The molecule has 7 nitrogen and oxygen atoms in total. The summed E-state index contributed by atoms with van der Waals surface area (Å²) in [5, 5.41) is 9.45. The van der Waals surface area contributed by atoms with E-state index in [1.807, 2.05) is 0 Å². The molecule has 1 unspecified atom stereocenters. The fourth-order valence-corrected chi connectivity index (χ4v) is 8.03. The first kappa shape index (κ1) is 24.6. The molecule has 176 valence electrons. The van der Waals surface area contributed by atoms with Gasteiger partial charge in [0.05, 0.1) is 0 Å². The van der Waals surface area contributed by atoms with Crippen LogP contribution in [0.15, 0.2) is 59.5 Å². The maximum atomic E-state index is 13.5. The van der Waals surface area contributed by atoms with Crippen molar-refractivity contribution < 1.29 is 27.9 Å². The number of carboxylic acids is 1. The first-order chi connectivity index (χ1) is 16.1. The van der Waals surface area contributed by atoms with Gasteiger partial charge in [-0.2, -0.15) is 0 Å². The van der Waals surface area contributed by atoms with Crippen molar-refractivity contribution in [1.82, 2.24) is 0 Å². The van der Waals surface area contributed by atoms with Crippen LogP contribution >= 0.6 is 23.2 Å². The molecule has 0 amide bonds. The molecule has 0 fully saturated rings. The Bertz CT molecular complexity index is 1430. The molecule has 4 rings (SSSR count). The number of carbonyl (C=O) groups excluding carboxylic acids is 1. The van der Waals surface area contributed by atoms with Crippen LogP contribution in [0, 0.1) is 0 Å². The van der Waals surface area contributed by atoms with Gasteiger partial charge >= 0.3 is 214 Å². The topological polar surface area (TPSA) is 101 Å². The number of anilines is 1. The molecule has 3 aromatic carbocycles. The second kappa shape index (κ2) is 9.62. The summed E-state index contributed by atoms with van der Waals surface area (Å²) in [6.07, 6.45) is 0.508. The molecule has 3 aromatic rings. The quantitative estimate of drug-likeness (QED) is 0.429. The number of sulfonamides is 1. The van der Waals surface area contributed by atoms with Crippen LogP contribution in [0.3, 0.4) is 0 Å². The van der Waals surface area contributed by atoms with Gasteiger partial charge in [-0.25, -0.2) is 0 Å². The van der Waals surface area contributed by atoms with Crippen molar-refractivity contribution in [3.05, 3.63) is 81.3 Å². The van der Waals surface area contributed by atoms with Gasteiger partial charge in [-0.05, 0) is 0 Å². The third kappa shape index (κ3) is 4.68. The van der Waals surface area contributed by atoms with E-state index in [1.54, 1.807) is 30.3 Å². The zero-order valence-corrected chi connectivity index (χ0v) is 22.1. The molecule has 11 heteroatoms. The van der Waals surface area contributed by atoms with Crippen molar-refractivity contribution >= 4 is 69.6 Å². The number of benzene rings is 3. The van der Waals surface area contributed by atoms with E-state index in [-0.39, 0.29) is 37.4 Å². The Morgan fingerprint density at radius 3 is 2.50 bits per heavy atom. The van der Waals surface area contributed by atoms with Crippen molar-refractivity contribution in [2.75, 3.05) is 18.0 Å². The van der Waals surface area contributed by atoms with E-state index in [0.29, 0.717) is 22.0 Å². The zero-order chi connectivity index (χ0) is 24.6. The van der Waals surface area contributed by atoms with Gasteiger partial charge in [0.2, 0.25) is 0 Å². The fraction of sp³-hybridized carbons (Fsp3) is 0.130. The molecule has 34 heavy (non-hydrogen) atoms. The standard InChI is InChI=1S/C23H18AsCl2NO6S/c1-33-20-7-5-16(25)12-21(20)34(31,32)27-9-8-13-2-3-14(10-19(13)27)22(28)24-15-4-6-17(23(29)30)18(26)11-15/h2-7,10-12,24H,8-9H2,1H3,(H,29,30). The number of fused-ring (bicyclic) bond motifs is 1. The minimum atomic E-state index is -3.99. The number of methoxy groups -OCH3 is 1. The summed E-state index contributed by atoms with van der Waals surface area (Å²) in [6, 6.07) is 13.9. The molecule has 1 aliphatic rings.